The Hall–Kier alpha value is -1.22. The number of hydrogen-bond acceptors (Lipinski definition) is 2. The fourth-order valence-corrected chi connectivity index (χ4v) is 1.85. The summed E-state index contributed by atoms with van der Waals surface area (Å²) in [6.45, 7) is 0. The predicted octanol–water partition coefficient (Wildman–Crippen LogP) is 2.62. The number of aliphatic carboxylic acids is 1. The van der Waals surface area contributed by atoms with Crippen molar-refractivity contribution in [3.63, 3.8) is 0 Å². The Kier molecular flexibility index (Phi) is 2.82. The van der Waals surface area contributed by atoms with Gasteiger partial charge in [0, 0.05) is 16.8 Å². The van der Waals surface area contributed by atoms with Crippen molar-refractivity contribution in [1.82, 2.24) is 0 Å². The third-order valence-corrected chi connectivity index (χ3v) is 3.04. The van der Waals surface area contributed by atoms with E-state index < -0.39 is 5.97 Å². The van der Waals surface area contributed by atoms with Crippen LogP contribution in [0.1, 0.15) is 12.8 Å². The number of carbonyl (C=O) groups is 1. The zero-order chi connectivity index (χ0) is 10.8. The molecule has 0 spiro atoms. The van der Waals surface area contributed by atoms with E-state index in [1.54, 1.807) is 12.1 Å². The lowest BCUT2D eigenvalue weighted by Gasteiger charge is -2.34. The zero-order valence-electron chi connectivity index (χ0n) is 8.11. The first-order valence-corrected chi connectivity index (χ1v) is 5.29. The molecular formula is C11H12ClNO2. The van der Waals surface area contributed by atoms with E-state index in [4.69, 9.17) is 16.7 Å². The first-order chi connectivity index (χ1) is 7.16. The van der Waals surface area contributed by atoms with E-state index in [0.29, 0.717) is 5.02 Å². The van der Waals surface area contributed by atoms with Crippen LogP contribution in [0.3, 0.4) is 0 Å². The summed E-state index contributed by atoms with van der Waals surface area (Å²) in [5.41, 5.74) is 0.926. The molecule has 0 aromatic heterocycles. The molecular weight excluding hydrogens is 214 g/mol. The van der Waals surface area contributed by atoms with Gasteiger partial charge in [0.15, 0.2) is 0 Å². The minimum atomic E-state index is -0.715. The Morgan fingerprint density at radius 1 is 1.33 bits per heavy atom. The fourth-order valence-electron chi connectivity index (χ4n) is 1.73. The molecule has 80 valence electrons. The van der Waals surface area contributed by atoms with E-state index in [1.807, 2.05) is 12.1 Å². The molecule has 0 bridgehead atoms. The SMILES string of the molecule is O=C(O)C1CCC1Nc1ccc(Cl)cc1. The molecule has 0 aliphatic heterocycles. The molecule has 2 atom stereocenters. The van der Waals surface area contributed by atoms with Crippen LogP contribution in [0.2, 0.25) is 5.02 Å². The highest BCUT2D eigenvalue weighted by atomic mass is 35.5. The lowest BCUT2D eigenvalue weighted by Crippen LogP contribution is -2.42. The lowest BCUT2D eigenvalue weighted by molar-refractivity contribution is -0.144. The standard InChI is InChI=1S/C11H12ClNO2/c12-7-1-3-8(4-2-7)13-10-6-5-9(10)11(14)15/h1-4,9-10,13H,5-6H2,(H,14,15). The second-order valence-corrected chi connectivity index (χ2v) is 4.22. The van der Waals surface area contributed by atoms with Gasteiger partial charge in [-0.05, 0) is 37.1 Å². The van der Waals surface area contributed by atoms with Crippen molar-refractivity contribution in [1.29, 1.82) is 0 Å². The molecule has 1 aliphatic carbocycles. The first-order valence-electron chi connectivity index (χ1n) is 4.92. The maximum Gasteiger partial charge on any atom is 0.308 e. The minimum absolute atomic E-state index is 0.0590. The number of carboxylic acid groups (broad SMARTS) is 1. The molecule has 3 nitrogen and oxygen atoms in total. The Labute approximate surface area is 93.1 Å². The largest absolute Gasteiger partial charge is 0.481 e. The Morgan fingerprint density at radius 3 is 2.47 bits per heavy atom. The van der Waals surface area contributed by atoms with Gasteiger partial charge in [0.05, 0.1) is 5.92 Å². The third kappa shape index (κ3) is 2.23. The molecule has 1 aromatic carbocycles. The van der Waals surface area contributed by atoms with Gasteiger partial charge in [-0.3, -0.25) is 4.79 Å². The highest BCUT2D eigenvalue weighted by Gasteiger charge is 2.36. The maximum absolute atomic E-state index is 10.8. The number of halogens is 1. The topological polar surface area (TPSA) is 49.3 Å². The summed E-state index contributed by atoms with van der Waals surface area (Å²) in [7, 11) is 0. The molecule has 1 aromatic rings. The van der Waals surface area contributed by atoms with Crippen LogP contribution in [0.5, 0.6) is 0 Å². The van der Waals surface area contributed by atoms with Crippen LogP contribution in [-0.4, -0.2) is 17.1 Å². The molecule has 0 saturated heterocycles. The van der Waals surface area contributed by atoms with Gasteiger partial charge in [0.1, 0.15) is 0 Å². The molecule has 1 saturated carbocycles. The van der Waals surface area contributed by atoms with Crippen molar-refractivity contribution >= 4 is 23.3 Å². The highest BCUT2D eigenvalue weighted by Crippen LogP contribution is 2.30. The minimum Gasteiger partial charge on any atom is -0.481 e. The van der Waals surface area contributed by atoms with Crippen LogP contribution in [-0.2, 0) is 4.79 Å². The second kappa shape index (κ2) is 4.11. The Bertz CT molecular complexity index is 363. The average Bonchev–Trinajstić information content (AvgIpc) is 2.14. The quantitative estimate of drug-likeness (QED) is 0.832. The molecule has 15 heavy (non-hydrogen) atoms. The van der Waals surface area contributed by atoms with E-state index in [1.165, 1.54) is 0 Å². The molecule has 4 heteroatoms. The van der Waals surface area contributed by atoms with Gasteiger partial charge >= 0.3 is 5.97 Å². The van der Waals surface area contributed by atoms with E-state index in [-0.39, 0.29) is 12.0 Å². The maximum atomic E-state index is 10.8. The van der Waals surface area contributed by atoms with Gasteiger partial charge in [-0.15, -0.1) is 0 Å². The first kappa shape index (κ1) is 10.3. The molecule has 0 radical (unpaired) electrons. The molecule has 1 aliphatic rings. The van der Waals surface area contributed by atoms with Crippen LogP contribution < -0.4 is 5.32 Å². The van der Waals surface area contributed by atoms with Gasteiger partial charge in [0.25, 0.3) is 0 Å². The average molecular weight is 226 g/mol. The summed E-state index contributed by atoms with van der Waals surface area (Å²) in [5, 5.41) is 12.7. The number of carboxylic acids is 1. The smallest absolute Gasteiger partial charge is 0.308 e. The number of anilines is 1. The van der Waals surface area contributed by atoms with Crippen molar-refractivity contribution in [3.8, 4) is 0 Å². The van der Waals surface area contributed by atoms with Gasteiger partial charge in [-0.2, -0.15) is 0 Å². The van der Waals surface area contributed by atoms with E-state index in [9.17, 15) is 4.79 Å². The molecule has 0 amide bonds. The molecule has 2 N–H and O–H groups in total. The number of nitrogens with one attached hydrogen (secondary N) is 1. The van der Waals surface area contributed by atoms with Gasteiger partial charge in [0.2, 0.25) is 0 Å². The second-order valence-electron chi connectivity index (χ2n) is 3.78. The monoisotopic (exact) mass is 225 g/mol. The van der Waals surface area contributed by atoms with E-state index in [0.717, 1.165) is 18.5 Å². The summed E-state index contributed by atoms with van der Waals surface area (Å²) in [5.74, 6) is -0.964. The van der Waals surface area contributed by atoms with Crippen LogP contribution in [0.25, 0.3) is 0 Å². The third-order valence-electron chi connectivity index (χ3n) is 2.79. The fraction of sp³-hybridized carbons (Fsp3) is 0.364. The van der Waals surface area contributed by atoms with Crippen LogP contribution in [0.4, 0.5) is 5.69 Å². The summed E-state index contributed by atoms with van der Waals surface area (Å²) in [6.07, 6.45) is 1.68. The van der Waals surface area contributed by atoms with Crippen LogP contribution in [0.15, 0.2) is 24.3 Å². The van der Waals surface area contributed by atoms with Crippen molar-refractivity contribution in [2.45, 2.75) is 18.9 Å². The van der Waals surface area contributed by atoms with Crippen LogP contribution in [0, 0.1) is 5.92 Å². The summed E-state index contributed by atoms with van der Waals surface area (Å²) in [4.78, 5) is 10.8. The van der Waals surface area contributed by atoms with E-state index in [2.05, 4.69) is 5.32 Å². The van der Waals surface area contributed by atoms with Crippen molar-refractivity contribution in [2.24, 2.45) is 5.92 Å². The number of hydrogen-bond donors (Lipinski definition) is 2. The molecule has 2 rings (SSSR count). The van der Waals surface area contributed by atoms with Gasteiger partial charge in [-0.25, -0.2) is 0 Å². The summed E-state index contributed by atoms with van der Waals surface area (Å²) in [6, 6.07) is 7.36. The van der Waals surface area contributed by atoms with Gasteiger partial charge < -0.3 is 10.4 Å². The molecule has 2 unspecified atom stereocenters. The van der Waals surface area contributed by atoms with Crippen molar-refractivity contribution in [3.05, 3.63) is 29.3 Å². The lowest BCUT2D eigenvalue weighted by atomic mass is 9.79. The number of benzene rings is 1. The zero-order valence-corrected chi connectivity index (χ0v) is 8.87. The molecule has 0 heterocycles. The van der Waals surface area contributed by atoms with Crippen molar-refractivity contribution < 1.29 is 9.90 Å². The highest BCUT2D eigenvalue weighted by molar-refractivity contribution is 6.30. The van der Waals surface area contributed by atoms with Gasteiger partial charge in [-0.1, -0.05) is 11.6 Å². The van der Waals surface area contributed by atoms with E-state index >= 15 is 0 Å². The Morgan fingerprint density at radius 2 is 2.00 bits per heavy atom. The van der Waals surface area contributed by atoms with Crippen LogP contribution >= 0.6 is 11.6 Å². The number of rotatable bonds is 3. The normalized spacial score (nSPS) is 24.3. The Balaban J connectivity index is 1.97. The summed E-state index contributed by atoms with van der Waals surface area (Å²) >= 11 is 5.75. The molecule has 1 fully saturated rings. The predicted molar refractivity (Wildman–Crippen MR) is 59.2 cm³/mol. The summed E-state index contributed by atoms with van der Waals surface area (Å²) < 4.78 is 0. The van der Waals surface area contributed by atoms with Crippen molar-refractivity contribution in [2.75, 3.05) is 5.32 Å².